The summed E-state index contributed by atoms with van der Waals surface area (Å²) < 4.78 is 5.92. The molecule has 0 aliphatic carbocycles. The van der Waals surface area contributed by atoms with E-state index in [1.165, 1.54) is 23.1 Å². The number of hydrogen-bond acceptors (Lipinski definition) is 2. The lowest BCUT2D eigenvalue weighted by Gasteiger charge is -2.24. The maximum absolute atomic E-state index is 5.92. The first kappa shape index (κ1) is 12.4. The van der Waals surface area contributed by atoms with E-state index in [0.717, 1.165) is 38.1 Å². The van der Waals surface area contributed by atoms with Crippen LogP contribution in [0.25, 0.3) is 0 Å². The number of benzene rings is 1. The summed E-state index contributed by atoms with van der Waals surface area (Å²) in [6.07, 6.45) is 5.02. The van der Waals surface area contributed by atoms with Crippen molar-refractivity contribution >= 4 is 0 Å². The van der Waals surface area contributed by atoms with Gasteiger partial charge in [0.25, 0.3) is 0 Å². The fourth-order valence-corrected chi connectivity index (χ4v) is 2.69. The Morgan fingerprint density at radius 1 is 1.06 bits per heavy atom. The molecule has 0 radical (unpaired) electrons. The maximum Gasteiger partial charge on any atom is 0.123 e. The van der Waals surface area contributed by atoms with E-state index >= 15 is 0 Å². The number of hydrogen-bond donors (Lipinski definition) is 1. The van der Waals surface area contributed by atoms with Crippen LogP contribution >= 0.6 is 0 Å². The Balaban J connectivity index is 0.00000108. The molecule has 0 saturated heterocycles. The molecule has 2 aliphatic heterocycles. The smallest absolute Gasteiger partial charge is 0.123 e. The highest BCUT2D eigenvalue weighted by molar-refractivity contribution is 5.44. The Hall–Kier alpha value is -1.02. The fraction of sp³-hybridized carbons (Fsp3) is 0.600. The molecule has 0 bridgehead atoms. The molecule has 1 N–H and O–H groups in total. The molecule has 2 heterocycles. The van der Waals surface area contributed by atoms with Gasteiger partial charge >= 0.3 is 0 Å². The zero-order chi connectivity index (χ0) is 11.0. The van der Waals surface area contributed by atoms with E-state index in [4.69, 9.17) is 4.74 Å². The summed E-state index contributed by atoms with van der Waals surface area (Å²) in [5, 5.41) is 3.45. The van der Waals surface area contributed by atoms with Gasteiger partial charge in [-0.15, -0.1) is 0 Å². The third-order valence-corrected chi connectivity index (χ3v) is 3.67. The Kier molecular flexibility index (Phi) is 3.72. The van der Waals surface area contributed by atoms with Crippen LogP contribution in [0.1, 0.15) is 37.5 Å². The van der Waals surface area contributed by atoms with Crippen LogP contribution in [0.3, 0.4) is 0 Å². The third kappa shape index (κ3) is 2.47. The van der Waals surface area contributed by atoms with Crippen LogP contribution in [0.5, 0.6) is 5.75 Å². The quantitative estimate of drug-likeness (QED) is 0.744. The molecular formula is C15H23NO. The van der Waals surface area contributed by atoms with Crippen LogP contribution < -0.4 is 10.1 Å². The van der Waals surface area contributed by atoms with Crippen molar-refractivity contribution in [3.8, 4) is 5.75 Å². The van der Waals surface area contributed by atoms with Gasteiger partial charge in [0, 0.05) is 0 Å². The summed E-state index contributed by atoms with van der Waals surface area (Å²) in [6.45, 7) is 4.38. The van der Waals surface area contributed by atoms with Gasteiger partial charge in [0.15, 0.2) is 0 Å². The molecule has 2 nitrogen and oxygen atoms in total. The molecular weight excluding hydrogens is 210 g/mol. The first-order valence-electron chi connectivity index (χ1n) is 6.35. The molecule has 2 aliphatic rings. The van der Waals surface area contributed by atoms with Crippen LogP contribution in [-0.4, -0.2) is 19.2 Å². The minimum Gasteiger partial charge on any atom is -0.490 e. The predicted molar refractivity (Wildman–Crippen MR) is 71.9 cm³/mol. The Labute approximate surface area is 104 Å². The molecule has 0 amide bonds. The van der Waals surface area contributed by atoms with Crippen molar-refractivity contribution in [1.82, 2.24) is 5.32 Å². The summed E-state index contributed by atoms with van der Waals surface area (Å²) in [4.78, 5) is 0. The highest BCUT2D eigenvalue weighted by Gasteiger charge is 2.19. The fourth-order valence-electron chi connectivity index (χ4n) is 2.69. The van der Waals surface area contributed by atoms with Gasteiger partial charge in [0.2, 0.25) is 0 Å². The number of fused-ring (bicyclic) bond motifs is 2. The number of aryl methyl sites for hydroxylation is 1. The van der Waals surface area contributed by atoms with Crippen molar-refractivity contribution in [2.45, 2.75) is 46.1 Å². The second-order valence-electron chi connectivity index (χ2n) is 4.95. The molecule has 0 spiro atoms. The normalized spacial score (nSPS) is 22.5. The monoisotopic (exact) mass is 233 g/mol. The van der Waals surface area contributed by atoms with Gasteiger partial charge in [-0.05, 0) is 68.5 Å². The lowest BCUT2D eigenvalue weighted by atomic mass is 9.95. The Morgan fingerprint density at radius 3 is 2.53 bits per heavy atom. The zero-order valence-electron chi connectivity index (χ0n) is 9.88. The van der Waals surface area contributed by atoms with Crippen molar-refractivity contribution in [3.63, 3.8) is 0 Å². The van der Waals surface area contributed by atoms with E-state index in [1.807, 2.05) is 0 Å². The Morgan fingerprint density at radius 2 is 1.76 bits per heavy atom. The minimum atomic E-state index is 0. The van der Waals surface area contributed by atoms with E-state index in [2.05, 4.69) is 24.4 Å². The summed E-state index contributed by atoms with van der Waals surface area (Å²) in [7, 11) is 0. The molecule has 1 atom stereocenters. The van der Waals surface area contributed by atoms with Gasteiger partial charge in [0.1, 0.15) is 5.75 Å². The second-order valence-corrected chi connectivity index (χ2v) is 4.95. The molecule has 94 valence electrons. The molecule has 1 aromatic carbocycles. The molecule has 0 aromatic heterocycles. The van der Waals surface area contributed by atoms with Gasteiger partial charge < -0.3 is 10.1 Å². The van der Waals surface area contributed by atoms with E-state index in [1.54, 1.807) is 0 Å². The molecule has 0 saturated carbocycles. The second kappa shape index (κ2) is 5.09. The highest BCUT2D eigenvalue weighted by Crippen LogP contribution is 2.31. The van der Waals surface area contributed by atoms with Gasteiger partial charge in [-0.1, -0.05) is 13.5 Å². The van der Waals surface area contributed by atoms with Gasteiger partial charge in [-0.2, -0.15) is 0 Å². The molecule has 1 aromatic rings. The number of ether oxygens (including phenoxy) is 1. The summed E-state index contributed by atoms with van der Waals surface area (Å²) in [5.41, 5.74) is 4.43. The average molecular weight is 233 g/mol. The lowest BCUT2D eigenvalue weighted by molar-refractivity contribution is 0.192. The molecule has 1 unspecified atom stereocenters. The van der Waals surface area contributed by atoms with Crippen molar-refractivity contribution in [2.24, 2.45) is 0 Å². The van der Waals surface area contributed by atoms with Gasteiger partial charge in [-0.3, -0.25) is 0 Å². The van der Waals surface area contributed by atoms with Crippen LogP contribution in [0.4, 0.5) is 0 Å². The Bertz CT molecular complexity index is 399. The highest BCUT2D eigenvalue weighted by atomic mass is 16.5. The molecule has 2 heteroatoms. The van der Waals surface area contributed by atoms with E-state index in [0.29, 0.717) is 6.10 Å². The predicted octanol–water partition coefficient (Wildman–Crippen LogP) is 2.72. The van der Waals surface area contributed by atoms with Crippen LogP contribution in [0.15, 0.2) is 12.1 Å². The first-order chi connectivity index (χ1) is 7.83. The van der Waals surface area contributed by atoms with Gasteiger partial charge in [0.05, 0.1) is 6.10 Å². The zero-order valence-corrected chi connectivity index (χ0v) is 9.88. The SMILES string of the molecule is C.CC1CCc2cc3c(cc2O1)CCNCC3. The summed E-state index contributed by atoms with van der Waals surface area (Å²) in [6, 6.07) is 4.66. The average Bonchev–Trinajstić information content (AvgIpc) is 2.50. The van der Waals surface area contributed by atoms with Gasteiger partial charge in [-0.25, -0.2) is 0 Å². The van der Waals surface area contributed by atoms with Crippen molar-refractivity contribution in [2.75, 3.05) is 13.1 Å². The van der Waals surface area contributed by atoms with Crippen molar-refractivity contribution in [1.29, 1.82) is 0 Å². The number of nitrogens with one attached hydrogen (secondary N) is 1. The third-order valence-electron chi connectivity index (χ3n) is 3.67. The molecule has 17 heavy (non-hydrogen) atoms. The minimum absolute atomic E-state index is 0. The topological polar surface area (TPSA) is 21.3 Å². The van der Waals surface area contributed by atoms with E-state index in [-0.39, 0.29) is 7.43 Å². The lowest BCUT2D eigenvalue weighted by Crippen LogP contribution is -2.19. The standard InChI is InChI=1S/C14H19NO.CH4/c1-10-2-3-13-8-11-4-6-15-7-5-12(11)9-14(13)16-10;/h8-10,15H,2-7H2,1H3;1H4. The maximum atomic E-state index is 5.92. The van der Waals surface area contributed by atoms with Crippen LogP contribution in [-0.2, 0) is 19.3 Å². The first-order valence-corrected chi connectivity index (χ1v) is 6.35. The van der Waals surface area contributed by atoms with E-state index < -0.39 is 0 Å². The van der Waals surface area contributed by atoms with Crippen LogP contribution in [0, 0.1) is 0 Å². The molecule has 0 fully saturated rings. The largest absolute Gasteiger partial charge is 0.490 e. The summed E-state index contributed by atoms with van der Waals surface area (Å²) >= 11 is 0. The van der Waals surface area contributed by atoms with Crippen molar-refractivity contribution in [3.05, 3.63) is 28.8 Å². The number of rotatable bonds is 0. The molecule has 3 rings (SSSR count). The van der Waals surface area contributed by atoms with Crippen molar-refractivity contribution < 1.29 is 4.74 Å². The summed E-state index contributed by atoms with van der Waals surface area (Å²) in [5.74, 6) is 1.14. The van der Waals surface area contributed by atoms with Crippen LogP contribution in [0.2, 0.25) is 0 Å². The van der Waals surface area contributed by atoms with E-state index in [9.17, 15) is 0 Å².